The van der Waals surface area contributed by atoms with E-state index < -0.39 is 24.0 Å². The highest BCUT2D eigenvalue weighted by Gasteiger charge is 2.16. The molecule has 0 rings (SSSR count). The van der Waals surface area contributed by atoms with E-state index in [9.17, 15) is 14.4 Å². The molecule has 8 heteroatoms. The minimum atomic E-state index is -1.17. The van der Waals surface area contributed by atoms with Gasteiger partial charge in [0.15, 0.2) is 0 Å². The van der Waals surface area contributed by atoms with Crippen molar-refractivity contribution in [3.63, 3.8) is 0 Å². The molecule has 0 spiro atoms. The van der Waals surface area contributed by atoms with Crippen LogP contribution in [0.2, 0.25) is 0 Å². The second-order valence-electron chi connectivity index (χ2n) is 3.20. The van der Waals surface area contributed by atoms with E-state index in [1.165, 1.54) is 6.92 Å². The van der Waals surface area contributed by atoms with Crippen molar-refractivity contribution in [1.82, 2.24) is 10.3 Å². The Labute approximate surface area is 92.0 Å². The predicted molar refractivity (Wildman–Crippen MR) is 53.4 cm³/mol. The fourth-order valence-electron chi connectivity index (χ4n) is 0.832. The summed E-state index contributed by atoms with van der Waals surface area (Å²) in [5.41, 5.74) is 0. The van der Waals surface area contributed by atoms with Crippen LogP contribution in [0, 0.1) is 0 Å². The molecule has 8 nitrogen and oxygen atoms in total. The number of carbonyl (C=O) groups excluding carboxylic acids is 1. The third kappa shape index (κ3) is 5.81. The van der Waals surface area contributed by atoms with Crippen LogP contribution in [0.3, 0.4) is 0 Å². The smallest absolute Gasteiger partial charge is 0.332 e. The molecule has 0 bridgehead atoms. The van der Waals surface area contributed by atoms with Crippen molar-refractivity contribution >= 4 is 18.0 Å². The summed E-state index contributed by atoms with van der Waals surface area (Å²) < 4.78 is 0. The van der Waals surface area contributed by atoms with Crippen LogP contribution in [0.15, 0.2) is 0 Å². The van der Waals surface area contributed by atoms with Gasteiger partial charge in [-0.1, -0.05) is 0 Å². The van der Waals surface area contributed by atoms with E-state index in [1.54, 1.807) is 0 Å². The number of rotatable bonds is 6. The second-order valence-corrected chi connectivity index (χ2v) is 3.20. The molecule has 0 aliphatic rings. The zero-order chi connectivity index (χ0) is 12.7. The average molecular weight is 233 g/mol. The first-order chi connectivity index (χ1) is 7.34. The molecule has 0 aromatic carbocycles. The van der Waals surface area contributed by atoms with Crippen LogP contribution in [0.4, 0.5) is 4.79 Å². The van der Waals surface area contributed by atoms with Crippen molar-refractivity contribution in [2.24, 2.45) is 5.84 Å². The van der Waals surface area contributed by atoms with Gasteiger partial charge < -0.3 is 15.5 Å². The summed E-state index contributed by atoms with van der Waals surface area (Å²) in [6.07, 6.45) is 0.107. The van der Waals surface area contributed by atoms with Gasteiger partial charge in [0.05, 0.1) is 0 Å². The van der Waals surface area contributed by atoms with E-state index in [0.717, 1.165) is 5.01 Å². The second kappa shape index (κ2) is 6.62. The number of hydrogen-bond acceptors (Lipinski definition) is 4. The van der Waals surface area contributed by atoms with Crippen LogP contribution < -0.4 is 11.2 Å². The van der Waals surface area contributed by atoms with E-state index >= 15 is 0 Å². The van der Waals surface area contributed by atoms with E-state index in [-0.39, 0.29) is 19.4 Å². The molecule has 92 valence electrons. The number of carboxylic acid groups (broad SMARTS) is 2. The quantitative estimate of drug-likeness (QED) is 0.270. The summed E-state index contributed by atoms with van der Waals surface area (Å²) in [5.74, 6) is 3.13. The van der Waals surface area contributed by atoms with Crippen molar-refractivity contribution < 1.29 is 24.6 Å². The van der Waals surface area contributed by atoms with Gasteiger partial charge in [-0.05, 0) is 13.3 Å². The molecule has 0 aromatic heterocycles. The fraction of sp³-hybridized carbons (Fsp3) is 0.625. The van der Waals surface area contributed by atoms with Crippen LogP contribution in [0.25, 0.3) is 0 Å². The molecule has 0 saturated carbocycles. The predicted octanol–water partition coefficient (Wildman–Crippen LogP) is -0.790. The van der Waals surface area contributed by atoms with Crippen LogP contribution in [0.1, 0.15) is 19.8 Å². The summed E-state index contributed by atoms with van der Waals surface area (Å²) in [6.45, 7) is 1.34. The zero-order valence-corrected chi connectivity index (χ0v) is 8.84. The Morgan fingerprint density at radius 2 is 1.94 bits per heavy atom. The van der Waals surface area contributed by atoms with E-state index in [1.807, 2.05) is 0 Å². The van der Waals surface area contributed by atoms with Crippen molar-refractivity contribution in [2.45, 2.75) is 25.8 Å². The SMILES string of the molecule is CC(NC(=O)N(N)CCCC(=O)O)C(=O)O. The molecule has 1 atom stereocenters. The molecular formula is C8H15N3O5. The summed E-state index contributed by atoms with van der Waals surface area (Å²) in [6, 6.07) is -1.79. The molecule has 0 fully saturated rings. The van der Waals surface area contributed by atoms with Crippen LogP contribution in [0.5, 0.6) is 0 Å². The maximum atomic E-state index is 11.2. The Morgan fingerprint density at radius 1 is 1.38 bits per heavy atom. The Kier molecular flexibility index (Phi) is 5.86. The van der Waals surface area contributed by atoms with Gasteiger partial charge in [-0.3, -0.25) is 14.6 Å². The van der Waals surface area contributed by atoms with Gasteiger partial charge in [0.1, 0.15) is 6.04 Å². The summed E-state index contributed by atoms with van der Waals surface area (Å²) >= 11 is 0. The van der Waals surface area contributed by atoms with Crippen molar-refractivity contribution in [3.05, 3.63) is 0 Å². The van der Waals surface area contributed by atoms with Crippen LogP contribution >= 0.6 is 0 Å². The molecule has 0 radical (unpaired) electrons. The number of aliphatic carboxylic acids is 2. The molecule has 0 aliphatic carbocycles. The molecule has 5 N–H and O–H groups in total. The summed E-state index contributed by atoms with van der Waals surface area (Å²) in [5, 5.41) is 19.7. The minimum Gasteiger partial charge on any atom is -0.481 e. The lowest BCUT2D eigenvalue weighted by Gasteiger charge is -2.18. The Hall–Kier alpha value is -1.83. The number of carbonyl (C=O) groups is 3. The van der Waals surface area contributed by atoms with Crippen LogP contribution in [-0.4, -0.2) is 45.8 Å². The lowest BCUT2D eigenvalue weighted by molar-refractivity contribution is -0.139. The van der Waals surface area contributed by atoms with Crippen molar-refractivity contribution in [3.8, 4) is 0 Å². The van der Waals surface area contributed by atoms with Gasteiger partial charge >= 0.3 is 18.0 Å². The summed E-state index contributed by atoms with van der Waals surface area (Å²) in [4.78, 5) is 31.8. The maximum absolute atomic E-state index is 11.2. The number of urea groups is 1. The zero-order valence-electron chi connectivity index (χ0n) is 8.84. The average Bonchev–Trinajstić information content (AvgIpc) is 2.16. The maximum Gasteiger partial charge on any atom is 0.332 e. The number of nitrogens with zero attached hydrogens (tertiary/aromatic N) is 1. The minimum absolute atomic E-state index is 0.0461. The van der Waals surface area contributed by atoms with Gasteiger partial charge in [-0.2, -0.15) is 0 Å². The van der Waals surface area contributed by atoms with E-state index in [2.05, 4.69) is 5.32 Å². The number of amides is 2. The normalized spacial score (nSPS) is 11.6. The van der Waals surface area contributed by atoms with Gasteiger partial charge in [0, 0.05) is 13.0 Å². The fourth-order valence-corrected chi connectivity index (χ4v) is 0.832. The number of hydrazine groups is 1. The third-order valence-corrected chi connectivity index (χ3v) is 1.76. The Balaban J connectivity index is 3.90. The lowest BCUT2D eigenvalue weighted by atomic mass is 10.3. The summed E-state index contributed by atoms with van der Waals surface area (Å²) in [7, 11) is 0. The number of hydrogen-bond donors (Lipinski definition) is 4. The third-order valence-electron chi connectivity index (χ3n) is 1.76. The first-order valence-electron chi connectivity index (χ1n) is 4.62. The van der Waals surface area contributed by atoms with Gasteiger partial charge in [-0.25, -0.2) is 10.6 Å². The lowest BCUT2D eigenvalue weighted by Crippen LogP contribution is -2.50. The first-order valence-corrected chi connectivity index (χ1v) is 4.62. The van der Waals surface area contributed by atoms with Gasteiger partial charge in [0.2, 0.25) is 0 Å². The van der Waals surface area contributed by atoms with Crippen molar-refractivity contribution in [1.29, 1.82) is 0 Å². The van der Waals surface area contributed by atoms with Gasteiger partial charge in [-0.15, -0.1) is 0 Å². The standard InChI is InChI=1S/C8H15N3O5/c1-5(7(14)15)10-8(16)11(9)4-2-3-6(12)13/h5H,2-4,9H2,1H3,(H,10,16)(H,12,13)(H,14,15). The topological polar surface area (TPSA) is 133 Å². The molecule has 0 aliphatic heterocycles. The largest absolute Gasteiger partial charge is 0.481 e. The Bertz CT molecular complexity index is 281. The highest BCUT2D eigenvalue weighted by atomic mass is 16.4. The monoisotopic (exact) mass is 233 g/mol. The van der Waals surface area contributed by atoms with Crippen LogP contribution in [-0.2, 0) is 9.59 Å². The number of nitrogens with one attached hydrogen (secondary N) is 1. The highest BCUT2D eigenvalue weighted by Crippen LogP contribution is 1.92. The molecule has 0 aromatic rings. The Morgan fingerprint density at radius 3 is 2.38 bits per heavy atom. The van der Waals surface area contributed by atoms with E-state index in [0.29, 0.717) is 0 Å². The van der Waals surface area contributed by atoms with Crippen molar-refractivity contribution in [2.75, 3.05) is 6.54 Å². The first kappa shape index (κ1) is 14.2. The molecule has 16 heavy (non-hydrogen) atoms. The highest BCUT2D eigenvalue weighted by molar-refractivity contribution is 5.81. The number of nitrogens with two attached hydrogens (primary N) is 1. The molecular weight excluding hydrogens is 218 g/mol. The molecule has 1 unspecified atom stereocenters. The molecule has 2 amide bonds. The van der Waals surface area contributed by atoms with Gasteiger partial charge in [0.25, 0.3) is 0 Å². The van der Waals surface area contributed by atoms with E-state index in [4.69, 9.17) is 16.1 Å². The molecule has 0 saturated heterocycles. The molecule has 0 heterocycles. The number of carboxylic acids is 2.